The summed E-state index contributed by atoms with van der Waals surface area (Å²) in [4.78, 5) is 4.76. The first-order chi connectivity index (χ1) is 10.7. The van der Waals surface area contributed by atoms with Gasteiger partial charge in [0.2, 0.25) is 0 Å². The van der Waals surface area contributed by atoms with Gasteiger partial charge in [-0.2, -0.15) is 0 Å². The molecular weight excluding hydrogens is 346 g/mol. The number of allylic oxidation sites excluding steroid dienone is 3. The van der Waals surface area contributed by atoms with Crippen LogP contribution in [0, 0.1) is 0 Å². The summed E-state index contributed by atoms with van der Waals surface area (Å²) in [5, 5.41) is 0. The maximum absolute atomic E-state index is 4.76. The van der Waals surface area contributed by atoms with Crippen LogP contribution in [0.4, 0.5) is 0 Å². The third-order valence-electron chi connectivity index (χ3n) is 5.22. The van der Waals surface area contributed by atoms with Crippen LogP contribution in [0.1, 0.15) is 70.6 Å². The van der Waals surface area contributed by atoms with Crippen molar-refractivity contribution in [3.63, 3.8) is 0 Å². The number of fused-ring (bicyclic) bond motifs is 1. The Labute approximate surface area is 148 Å². The molecule has 0 saturated carbocycles. The lowest BCUT2D eigenvalue weighted by Gasteiger charge is -2.22. The van der Waals surface area contributed by atoms with Crippen LogP contribution < -0.4 is 0 Å². The molecule has 1 aromatic rings. The molecule has 0 atom stereocenters. The summed E-state index contributed by atoms with van der Waals surface area (Å²) in [6, 6.07) is 6.98. The first-order valence-electron chi connectivity index (χ1n) is 8.46. The number of hydrogen-bond donors (Lipinski definition) is 0. The molecule has 1 heterocycles. The van der Waals surface area contributed by atoms with E-state index in [1.807, 2.05) is 6.21 Å². The van der Waals surface area contributed by atoms with Crippen LogP contribution >= 0.6 is 15.9 Å². The van der Waals surface area contributed by atoms with Crippen LogP contribution in [-0.2, 0) is 10.8 Å². The molecule has 0 spiro atoms. The molecule has 2 aliphatic rings. The van der Waals surface area contributed by atoms with Crippen molar-refractivity contribution in [1.82, 2.24) is 0 Å². The number of hydrogen-bond acceptors (Lipinski definition) is 1. The van der Waals surface area contributed by atoms with Crippen LogP contribution in [0.2, 0.25) is 0 Å². The molecule has 1 aliphatic heterocycles. The first-order valence-corrected chi connectivity index (χ1v) is 9.25. The van der Waals surface area contributed by atoms with E-state index >= 15 is 0 Å². The van der Waals surface area contributed by atoms with Gasteiger partial charge in [0, 0.05) is 16.3 Å². The maximum atomic E-state index is 4.76. The van der Waals surface area contributed by atoms with Gasteiger partial charge in [-0.25, -0.2) is 0 Å². The second kappa shape index (κ2) is 5.73. The topological polar surface area (TPSA) is 12.4 Å². The van der Waals surface area contributed by atoms with Gasteiger partial charge in [0.15, 0.2) is 0 Å². The molecule has 2 heteroatoms. The Morgan fingerprint density at radius 3 is 2.48 bits per heavy atom. The lowest BCUT2D eigenvalue weighted by molar-refractivity contribution is 0.403. The van der Waals surface area contributed by atoms with Crippen molar-refractivity contribution in [3.05, 3.63) is 51.0 Å². The average molecular weight is 372 g/mol. The third kappa shape index (κ3) is 3.10. The number of benzene rings is 1. The maximum Gasteiger partial charge on any atom is 0.0691 e. The van der Waals surface area contributed by atoms with E-state index < -0.39 is 0 Å². The molecule has 1 aliphatic carbocycles. The van der Waals surface area contributed by atoms with Crippen LogP contribution in [0.3, 0.4) is 0 Å². The number of halogens is 1. The number of rotatable bonds is 1. The highest BCUT2D eigenvalue weighted by Crippen LogP contribution is 2.50. The lowest BCUT2D eigenvalue weighted by Crippen LogP contribution is -2.17. The fraction of sp³-hybridized carbons (Fsp3) is 0.476. The Morgan fingerprint density at radius 1 is 1.04 bits per heavy atom. The molecular formula is C21H26BrN. The van der Waals surface area contributed by atoms with Gasteiger partial charge in [0.1, 0.15) is 0 Å². The van der Waals surface area contributed by atoms with Crippen LogP contribution in [0.5, 0.6) is 0 Å². The van der Waals surface area contributed by atoms with Gasteiger partial charge in [-0.3, -0.25) is 4.99 Å². The van der Waals surface area contributed by atoms with E-state index in [0.29, 0.717) is 0 Å². The van der Waals surface area contributed by atoms with Gasteiger partial charge in [-0.05, 0) is 75.7 Å². The summed E-state index contributed by atoms with van der Waals surface area (Å²) in [6.07, 6.45) is 7.45. The van der Waals surface area contributed by atoms with Crippen molar-refractivity contribution in [1.29, 1.82) is 0 Å². The summed E-state index contributed by atoms with van der Waals surface area (Å²) in [5.41, 5.74) is 7.25. The van der Waals surface area contributed by atoms with Gasteiger partial charge in [-0.1, -0.05) is 45.9 Å². The van der Waals surface area contributed by atoms with Crippen LogP contribution in [0.15, 0.2) is 39.3 Å². The minimum absolute atomic E-state index is 0.231. The Morgan fingerprint density at radius 2 is 1.74 bits per heavy atom. The van der Waals surface area contributed by atoms with Crippen LogP contribution in [-0.4, -0.2) is 6.21 Å². The van der Waals surface area contributed by atoms with Crippen molar-refractivity contribution in [2.75, 3.05) is 0 Å². The molecule has 0 fully saturated rings. The van der Waals surface area contributed by atoms with Crippen LogP contribution in [0.25, 0.3) is 5.70 Å². The van der Waals surface area contributed by atoms with E-state index in [9.17, 15) is 0 Å². The van der Waals surface area contributed by atoms with Crippen molar-refractivity contribution >= 4 is 27.8 Å². The largest absolute Gasteiger partial charge is 0.255 e. The van der Waals surface area contributed by atoms with E-state index in [1.54, 1.807) is 0 Å². The normalized spacial score (nSPS) is 29.2. The Hall–Kier alpha value is -1.15. The fourth-order valence-corrected chi connectivity index (χ4v) is 4.62. The van der Waals surface area contributed by atoms with E-state index in [-0.39, 0.29) is 10.8 Å². The Bertz CT molecular complexity index is 732. The SMILES string of the molecule is C/C1=C(c2ccc3c(c2)C(C)(C)CC3(C)C)/N=C/C(Br)=C\CC1. The lowest BCUT2D eigenvalue weighted by atomic mass is 9.82. The zero-order valence-electron chi connectivity index (χ0n) is 14.8. The van der Waals surface area contributed by atoms with E-state index in [1.165, 1.54) is 28.7 Å². The first kappa shape index (κ1) is 16.7. The second-order valence-corrected chi connectivity index (χ2v) is 9.14. The predicted molar refractivity (Wildman–Crippen MR) is 104 cm³/mol. The minimum atomic E-state index is 0.231. The quantitative estimate of drug-likeness (QED) is 0.532. The van der Waals surface area contributed by atoms with Crippen molar-refractivity contribution < 1.29 is 0 Å². The Balaban J connectivity index is 2.11. The van der Waals surface area contributed by atoms with Crippen molar-refractivity contribution in [2.24, 2.45) is 4.99 Å². The number of nitrogens with zero attached hydrogens (tertiary/aromatic N) is 1. The molecule has 0 aromatic heterocycles. The van der Waals surface area contributed by atoms with E-state index in [4.69, 9.17) is 4.99 Å². The predicted octanol–water partition coefficient (Wildman–Crippen LogP) is 6.52. The summed E-state index contributed by atoms with van der Waals surface area (Å²) in [7, 11) is 0. The monoisotopic (exact) mass is 371 g/mol. The van der Waals surface area contributed by atoms with Gasteiger partial charge in [0.05, 0.1) is 5.70 Å². The molecule has 0 unspecified atom stereocenters. The van der Waals surface area contributed by atoms with E-state index in [2.05, 4.69) is 74.8 Å². The van der Waals surface area contributed by atoms with Crippen molar-refractivity contribution in [3.8, 4) is 0 Å². The molecule has 0 bridgehead atoms. The van der Waals surface area contributed by atoms with Gasteiger partial charge in [0.25, 0.3) is 0 Å². The Kier molecular flexibility index (Phi) is 4.16. The molecule has 3 rings (SSSR count). The summed E-state index contributed by atoms with van der Waals surface area (Å²) in [5.74, 6) is 0. The molecule has 1 aromatic carbocycles. The van der Waals surface area contributed by atoms with Gasteiger partial charge >= 0.3 is 0 Å². The van der Waals surface area contributed by atoms with Crippen molar-refractivity contribution in [2.45, 2.75) is 64.7 Å². The van der Waals surface area contributed by atoms with E-state index in [0.717, 1.165) is 23.0 Å². The molecule has 23 heavy (non-hydrogen) atoms. The van der Waals surface area contributed by atoms with Gasteiger partial charge < -0.3 is 0 Å². The summed E-state index contributed by atoms with van der Waals surface area (Å²) < 4.78 is 1.07. The highest BCUT2D eigenvalue weighted by molar-refractivity contribution is 9.12. The summed E-state index contributed by atoms with van der Waals surface area (Å²) in [6.45, 7) is 11.7. The zero-order chi connectivity index (χ0) is 16.8. The molecule has 0 amide bonds. The molecule has 122 valence electrons. The smallest absolute Gasteiger partial charge is 0.0691 e. The highest BCUT2D eigenvalue weighted by Gasteiger charge is 2.41. The minimum Gasteiger partial charge on any atom is -0.255 e. The summed E-state index contributed by atoms with van der Waals surface area (Å²) >= 11 is 3.56. The third-order valence-corrected chi connectivity index (χ3v) is 5.74. The standard InChI is InChI=1S/C21H26BrN/c1-14-7-6-8-16(22)12-23-19(14)15-9-10-17-18(11-15)21(4,5)13-20(17,2)3/h8-12H,6-7,13H2,1-5H3/b16-8+,19-14-,23-12+. The molecule has 0 radical (unpaired) electrons. The molecule has 0 N–H and O–H groups in total. The molecule has 0 saturated heterocycles. The molecule has 1 nitrogen and oxygen atoms in total. The number of aliphatic imine (C=N–C) groups is 1. The fourth-order valence-electron chi connectivity index (χ4n) is 4.29. The van der Waals surface area contributed by atoms with Gasteiger partial charge in [-0.15, -0.1) is 0 Å². The highest BCUT2D eigenvalue weighted by atomic mass is 79.9. The average Bonchev–Trinajstić information content (AvgIpc) is 2.62. The second-order valence-electron chi connectivity index (χ2n) is 8.22. The zero-order valence-corrected chi connectivity index (χ0v) is 16.4.